The van der Waals surface area contributed by atoms with E-state index in [9.17, 15) is 14.4 Å². The van der Waals surface area contributed by atoms with E-state index in [1.165, 1.54) is 7.11 Å². The standard InChI is InChI=1S/C21H32O9/c1-3-13-15(29-20(23)27-13)11-17-18(26-17)12-16-14(28-21(24)30-16)9-7-5-4-6-8-10-19(22)25-2/h13-18H,3-12H2,1-2H3. The fraction of sp³-hybridized carbons (Fsp3) is 0.857. The molecule has 0 spiro atoms. The van der Waals surface area contributed by atoms with Crippen LogP contribution in [0.25, 0.3) is 0 Å². The molecular formula is C21H32O9. The van der Waals surface area contributed by atoms with Gasteiger partial charge in [0.1, 0.15) is 24.4 Å². The summed E-state index contributed by atoms with van der Waals surface area (Å²) in [5, 5.41) is 0. The highest BCUT2D eigenvalue weighted by Crippen LogP contribution is 2.37. The van der Waals surface area contributed by atoms with E-state index in [-0.39, 0.29) is 42.6 Å². The Morgan fingerprint density at radius 1 is 0.767 bits per heavy atom. The molecule has 0 aliphatic carbocycles. The van der Waals surface area contributed by atoms with E-state index in [0.29, 0.717) is 25.7 Å². The Balaban J connectivity index is 1.31. The Hall–Kier alpha value is -2.03. The van der Waals surface area contributed by atoms with Crippen molar-refractivity contribution in [2.75, 3.05) is 7.11 Å². The van der Waals surface area contributed by atoms with E-state index in [1.807, 2.05) is 6.92 Å². The van der Waals surface area contributed by atoms with Gasteiger partial charge in [-0.25, -0.2) is 9.59 Å². The highest BCUT2D eigenvalue weighted by Gasteiger charge is 2.49. The second-order valence-electron chi connectivity index (χ2n) is 8.10. The first-order valence-electron chi connectivity index (χ1n) is 11.0. The van der Waals surface area contributed by atoms with Crippen LogP contribution in [-0.2, 0) is 33.2 Å². The number of cyclic esters (lactones) is 4. The maximum absolute atomic E-state index is 11.6. The van der Waals surface area contributed by atoms with Gasteiger partial charge in [-0.2, -0.15) is 0 Å². The number of epoxide rings is 1. The molecule has 3 rings (SSSR count). The Bertz CT molecular complexity index is 607. The monoisotopic (exact) mass is 428 g/mol. The van der Waals surface area contributed by atoms with E-state index in [1.54, 1.807) is 0 Å². The van der Waals surface area contributed by atoms with Gasteiger partial charge in [-0.3, -0.25) is 4.79 Å². The van der Waals surface area contributed by atoms with Crippen LogP contribution in [0.2, 0.25) is 0 Å². The van der Waals surface area contributed by atoms with Crippen LogP contribution < -0.4 is 0 Å². The van der Waals surface area contributed by atoms with Gasteiger partial charge < -0.3 is 28.4 Å². The Morgan fingerprint density at radius 2 is 1.30 bits per heavy atom. The minimum Gasteiger partial charge on any atom is -0.469 e. The Morgan fingerprint density at radius 3 is 1.93 bits per heavy atom. The summed E-state index contributed by atoms with van der Waals surface area (Å²) in [7, 11) is 1.40. The molecule has 0 saturated carbocycles. The lowest BCUT2D eigenvalue weighted by atomic mass is 9.98. The van der Waals surface area contributed by atoms with Crippen molar-refractivity contribution in [1.29, 1.82) is 0 Å². The smallest absolute Gasteiger partial charge is 0.469 e. The van der Waals surface area contributed by atoms with Crippen LogP contribution in [0.5, 0.6) is 0 Å². The zero-order valence-corrected chi connectivity index (χ0v) is 17.7. The average molecular weight is 428 g/mol. The molecule has 3 fully saturated rings. The molecular weight excluding hydrogens is 396 g/mol. The van der Waals surface area contributed by atoms with E-state index in [0.717, 1.165) is 38.5 Å². The van der Waals surface area contributed by atoms with Gasteiger partial charge >= 0.3 is 18.3 Å². The number of esters is 1. The molecule has 6 atom stereocenters. The van der Waals surface area contributed by atoms with E-state index < -0.39 is 12.3 Å². The van der Waals surface area contributed by atoms with Crippen molar-refractivity contribution in [1.82, 2.24) is 0 Å². The first-order valence-corrected chi connectivity index (χ1v) is 11.0. The fourth-order valence-electron chi connectivity index (χ4n) is 4.14. The third kappa shape index (κ3) is 6.48. The Labute approximate surface area is 176 Å². The molecule has 30 heavy (non-hydrogen) atoms. The normalized spacial score (nSPS) is 32.2. The molecule has 9 nitrogen and oxygen atoms in total. The molecule has 3 aliphatic rings. The molecule has 170 valence electrons. The van der Waals surface area contributed by atoms with Crippen molar-refractivity contribution in [2.45, 2.75) is 108 Å². The number of hydrogen-bond donors (Lipinski definition) is 0. The van der Waals surface area contributed by atoms with E-state index >= 15 is 0 Å². The first-order chi connectivity index (χ1) is 14.5. The second kappa shape index (κ2) is 10.8. The topological polar surface area (TPSA) is 110 Å². The minimum atomic E-state index is -0.621. The fourth-order valence-corrected chi connectivity index (χ4v) is 4.14. The predicted octanol–water partition coefficient (Wildman–Crippen LogP) is 3.66. The van der Waals surface area contributed by atoms with Crippen molar-refractivity contribution in [2.24, 2.45) is 0 Å². The van der Waals surface area contributed by atoms with Gasteiger partial charge in [0, 0.05) is 19.3 Å². The van der Waals surface area contributed by atoms with Gasteiger partial charge in [0.25, 0.3) is 0 Å². The van der Waals surface area contributed by atoms with Gasteiger partial charge in [0.15, 0.2) is 0 Å². The third-order valence-corrected chi connectivity index (χ3v) is 5.94. The summed E-state index contributed by atoms with van der Waals surface area (Å²) in [4.78, 5) is 34.0. The summed E-state index contributed by atoms with van der Waals surface area (Å²) in [6, 6.07) is 0. The van der Waals surface area contributed by atoms with E-state index in [2.05, 4.69) is 4.74 Å². The maximum atomic E-state index is 11.6. The summed E-state index contributed by atoms with van der Waals surface area (Å²) in [6.07, 6.45) is 5.49. The maximum Gasteiger partial charge on any atom is 0.509 e. The zero-order valence-electron chi connectivity index (χ0n) is 17.7. The number of rotatable bonds is 13. The number of carbonyl (C=O) groups is 3. The van der Waals surface area contributed by atoms with Crippen LogP contribution in [0, 0.1) is 0 Å². The van der Waals surface area contributed by atoms with Gasteiger partial charge in [-0.1, -0.05) is 26.2 Å². The molecule has 0 aromatic carbocycles. The average Bonchev–Trinajstić information content (AvgIpc) is 3.19. The lowest BCUT2D eigenvalue weighted by Gasteiger charge is -2.15. The molecule has 0 N–H and O–H groups in total. The van der Waals surface area contributed by atoms with Gasteiger partial charge in [-0.15, -0.1) is 0 Å². The van der Waals surface area contributed by atoms with Crippen LogP contribution in [0.15, 0.2) is 0 Å². The van der Waals surface area contributed by atoms with Crippen LogP contribution >= 0.6 is 0 Å². The Kier molecular flexibility index (Phi) is 8.18. The predicted molar refractivity (Wildman–Crippen MR) is 103 cm³/mol. The van der Waals surface area contributed by atoms with Gasteiger partial charge in [0.05, 0.1) is 19.3 Å². The van der Waals surface area contributed by atoms with Crippen LogP contribution in [0.1, 0.15) is 71.1 Å². The number of unbranched alkanes of at least 4 members (excludes halogenated alkanes) is 4. The molecule has 3 saturated heterocycles. The van der Waals surface area contributed by atoms with Gasteiger partial charge in [-0.05, 0) is 25.7 Å². The van der Waals surface area contributed by atoms with Crippen molar-refractivity contribution >= 4 is 18.3 Å². The summed E-state index contributed by atoms with van der Waals surface area (Å²) < 4.78 is 31.3. The summed E-state index contributed by atoms with van der Waals surface area (Å²) in [6.45, 7) is 1.95. The molecule has 3 aliphatic heterocycles. The number of ether oxygens (including phenoxy) is 6. The van der Waals surface area contributed by atoms with Crippen LogP contribution in [-0.4, -0.2) is 62.0 Å². The lowest BCUT2D eigenvalue weighted by Crippen LogP contribution is -2.26. The van der Waals surface area contributed by atoms with Crippen molar-refractivity contribution in [3.63, 3.8) is 0 Å². The zero-order chi connectivity index (χ0) is 21.5. The molecule has 0 amide bonds. The lowest BCUT2D eigenvalue weighted by molar-refractivity contribution is -0.140. The largest absolute Gasteiger partial charge is 0.509 e. The number of methoxy groups -OCH3 is 1. The molecule has 3 heterocycles. The summed E-state index contributed by atoms with van der Waals surface area (Å²) >= 11 is 0. The molecule has 0 aromatic rings. The van der Waals surface area contributed by atoms with Crippen LogP contribution in [0.3, 0.4) is 0 Å². The molecule has 9 heteroatoms. The third-order valence-electron chi connectivity index (χ3n) is 5.94. The van der Waals surface area contributed by atoms with Crippen molar-refractivity contribution in [3.8, 4) is 0 Å². The second-order valence-corrected chi connectivity index (χ2v) is 8.10. The number of carbonyl (C=O) groups excluding carboxylic acids is 3. The molecule has 0 radical (unpaired) electrons. The quantitative estimate of drug-likeness (QED) is 0.188. The van der Waals surface area contributed by atoms with Gasteiger partial charge in [0.2, 0.25) is 0 Å². The summed E-state index contributed by atoms with van der Waals surface area (Å²) in [5.74, 6) is -0.169. The minimum absolute atomic E-state index is 0.0201. The molecule has 0 aromatic heterocycles. The molecule has 6 unspecified atom stereocenters. The summed E-state index contributed by atoms with van der Waals surface area (Å²) in [5.41, 5.74) is 0. The van der Waals surface area contributed by atoms with Crippen LogP contribution in [0.4, 0.5) is 9.59 Å². The first kappa shape index (κ1) is 22.7. The van der Waals surface area contributed by atoms with E-state index in [4.69, 9.17) is 23.7 Å². The number of hydrogen-bond acceptors (Lipinski definition) is 9. The molecule has 0 bridgehead atoms. The highest BCUT2D eigenvalue weighted by atomic mass is 16.8. The van der Waals surface area contributed by atoms with Crippen molar-refractivity contribution < 1.29 is 42.8 Å². The highest BCUT2D eigenvalue weighted by molar-refractivity contribution is 5.69. The van der Waals surface area contributed by atoms with Crippen molar-refractivity contribution in [3.05, 3.63) is 0 Å². The SMILES string of the molecule is CCC1OC(=O)OC1CC1OC1CC1OC(=O)OC1CCCCCCCC(=O)OC.